The van der Waals surface area contributed by atoms with Crippen LogP contribution in [0.3, 0.4) is 0 Å². The van der Waals surface area contributed by atoms with Crippen LogP contribution >= 0.6 is 24.0 Å². The van der Waals surface area contributed by atoms with Crippen molar-refractivity contribution in [1.82, 2.24) is 24.8 Å². The lowest BCUT2D eigenvalue weighted by Gasteiger charge is -2.39. The first kappa shape index (κ1) is 20.7. The van der Waals surface area contributed by atoms with Crippen molar-refractivity contribution in [3.05, 3.63) is 48.8 Å². The minimum Gasteiger partial charge on any atom is -0.357 e. The lowest BCUT2D eigenvalue weighted by molar-refractivity contribution is 0.189. The van der Waals surface area contributed by atoms with Crippen molar-refractivity contribution in [2.75, 3.05) is 26.2 Å². The van der Waals surface area contributed by atoms with Crippen molar-refractivity contribution in [2.45, 2.75) is 32.7 Å². The summed E-state index contributed by atoms with van der Waals surface area (Å²) in [5.41, 5.74) is 1.09. The van der Waals surface area contributed by atoms with Crippen LogP contribution in [0.15, 0.2) is 48.1 Å². The lowest BCUT2D eigenvalue weighted by atomic mass is 9.93. The first-order chi connectivity index (χ1) is 12.3. The van der Waals surface area contributed by atoms with Gasteiger partial charge >= 0.3 is 0 Å². The van der Waals surface area contributed by atoms with Crippen LogP contribution in [0.25, 0.3) is 0 Å². The Bertz CT molecular complexity index is 658. The van der Waals surface area contributed by atoms with Crippen LogP contribution in [-0.2, 0) is 6.42 Å². The van der Waals surface area contributed by atoms with Gasteiger partial charge in [0.15, 0.2) is 5.96 Å². The molecule has 0 radical (unpaired) electrons. The molecule has 3 rings (SSSR count). The topological polar surface area (TPSA) is 58.3 Å². The quantitative estimate of drug-likeness (QED) is 0.417. The summed E-state index contributed by atoms with van der Waals surface area (Å²) in [4.78, 5) is 15.8. The van der Waals surface area contributed by atoms with E-state index < -0.39 is 0 Å². The lowest BCUT2D eigenvalue weighted by Crippen LogP contribution is -2.49. The zero-order valence-electron chi connectivity index (χ0n) is 15.6. The maximum Gasteiger partial charge on any atom is 0.193 e. The fourth-order valence-electron chi connectivity index (χ4n) is 3.34. The first-order valence-electron chi connectivity index (χ1n) is 9.18. The third-order valence-electron chi connectivity index (χ3n) is 4.82. The van der Waals surface area contributed by atoms with E-state index in [0.717, 1.165) is 50.7 Å². The number of aliphatic imine (C=N–C) groups is 1. The Morgan fingerprint density at radius 3 is 2.92 bits per heavy atom. The van der Waals surface area contributed by atoms with Gasteiger partial charge in [-0.1, -0.05) is 13.0 Å². The number of aromatic nitrogens is 3. The summed E-state index contributed by atoms with van der Waals surface area (Å²) in [6, 6.07) is 6.47. The van der Waals surface area contributed by atoms with Gasteiger partial charge in [0.25, 0.3) is 0 Å². The molecule has 1 saturated heterocycles. The van der Waals surface area contributed by atoms with Crippen LogP contribution in [-0.4, -0.2) is 51.6 Å². The molecule has 0 saturated carbocycles. The van der Waals surface area contributed by atoms with E-state index in [2.05, 4.69) is 50.9 Å². The van der Waals surface area contributed by atoms with Gasteiger partial charge in [-0.2, -0.15) is 0 Å². The average molecular weight is 468 g/mol. The highest BCUT2D eigenvalue weighted by Gasteiger charge is 2.28. The molecule has 1 fully saturated rings. The monoisotopic (exact) mass is 468 g/mol. The van der Waals surface area contributed by atoms with Gasteiger partial charge in [0, 0.05) is 56.9 Å². The molecule has 2 aromatic rings. The maximum absolute atomic E-state index is 4.84. The standard InChI is InChI=1S/C19H28N6.HI/c1-3-21-19(23-10-7-17-6-4-5-9-22-17)24-12-8-16(2)18(14-24)25-13-11-20-15-25;/h4-6,9,11,13,15-16,18H,3,7-8,10,12,14H2,1-2H3,(H,21,23);1H. The fourth-order valence-corrected chi connectivity index (χ4v) is 3.34. The Kier molecular flexibility index (Phi) is 8.34. The Morgan fingerprint density at radius 1 is 1.35 bits per heavy atom. The zero-order chi connectivity index (χ0) is 17.5. The van der Waals surface area contributed by atoms with E-state index in [1.165, 1.54) is 0 Å². The predicted molar refractivity (Wildman–Crippen MR) is 116 cm³/mol. The second kappa shape index (κ2) is 10.5. The minimum atomic E-state index is 0. The van der Waals surface area contributed by atoms with Gasteiger partial charge in [-0.15, -0.1) is 24.0 Å². The molecular weight excluding hydrogens is 439 g/mol. The number of piperidine rings is 1. The summed E-state index contributed by atoms with van der Waals surface area (Å²) in [5.74, 6) is 1.65. The van der Waals surface area contributed by atoms with Crippen LogP contribution < -0.4 is 5.32 Å². The second-order valence-electron chi connectivity index (χ2n) is 6.60. The summed E-state index contributed by atoms with van der Waals surface area (Å²) in [5, 5.41) is 3.45. The molecule has 2 atom stereocenters. The van der Waals surface area contributed by atoms with Gasteiger partial charge in [-0.05, 0) is 31.4 Å². The third-order valence-corrected chi connectivity index (χ3v) is 4.82. The van der Waals surface area contributed by atoms with E-state index in [1.54, 1.807) is 0 Å². The molecule has 2 aromatic heterocycles. The van der Waals surface area contributed by atoms with E-state index in [-0.39, 0.29) is 24.0 Å². The van der Waals surface area contributed by atoms with E-state index in [9.17, 15) is 0 Å². The molecule has 0 aliphatic carbocycles. The number of imidazole rings is 1. The van der Waals surface area contributed by atoms with Crippen molar-refractivity contribution in [3.8, 4) is 0 Å². The van der Waals surface area contributed by atoms with Gasteiger partial charge in [0.05, 0.1) is 12.4 Å². The third kappa shape index (κ3) is 5.43. The summed E-state index contributed by atoms with van der Waals surface area (Å²) in [6.45, 7) is 8.08. The molecule has 0 aromatic carbocycles. The molecule has 1 aliphatic heterocycles. The van der Waals surface area contributed by atoms with Crippen LogP contribution in [0.4, 0.5) is 0 Å². The number of likely N-dealkylation sites (tertiary alicyclic amines) is 1. The summed E-state index contributed by atoms with van der Waals surface area (Å²) >= 11 is 0. The van der Waals surface area contributed by atoms with Crippen molar-refractivity contribution < 1.29 is 0 Å². The van der Waals surface area contributed by atoms with Crippen LogP contribution in [0.1, 0.15) is 32.0 Å². The number of hydrogen-bond acceptors (Lipinski definition) is 3. The molecule has 3 heterocycles. The number of rotatable bonds is 5. The zero-order valence-corrected chi connectivity index (χ0v) is 17.9. The molecule has 0 bridgehead atoms. The number of guanidine groups is 1. The molecule has 1 aliphatic rings. The van der Waals surface area contributed by atoms with Gasteiger partial charge in [0.2, 0.25) is 0 Å². The molecule has 2 unspecified atom stereocenters. The second-order valence-corrected chi connectivity index (χ2v) is 6.60. The Morgan fingerprint density at radius 2 is 2.23 bits per heavy atom. The largest absolute Gasteiger partial charge is 0.357 e. The molecule has 1 N–H and O–H groups in total. The summed E-state index contributed by atoms with van der Waals surface area (Å²) in [6.07, 6.45) is 9.72. The normalized spacial score (nSPS) is 20.5. The Labute approximate surface area is 173 Å². The molecule has 26 heavy (non-hydrogen) atoms. The highest BCUT2D eigenvalue weighted by atomic mass is 127. The Balaban J connectivity index is 0.00000243. The minimum absolute atomic E-state index is 0. The van der Waals surface area contributed by atoms with Gasteiger partial charge in [-0.25, -0.2) is 4.98 Å². The molecular formula is C19H29IN6. The molecule has 0 spiro atoms. The predicted octanol–water partition coefficient (Wildman–Crippen LogP) is 2.99. The number of nitrogens with zero attached hydrogens (tertiary/aromatic N) is 5. The van der Waals surface area contributed by atoms with Crippen LogP contribution in [0, 0.1) is 5.92 Å². The van der Waals surface area contributed by atoms with Gasteiger partial charge in [-0.3, -0.25) is 9.98 Å². The smallest absolute Gasteiger partial charge is 0.193 e. The molecule has 142 valence electrons. The summed E-state index contributed by atoms with van der Waals surface area (Å²) in [7, 11) is 0. The first-order valence-corrected chi connectivity index (χ1v) is 9.18. The van der Waals surface area contributed by atoms with Crippen molar-refractivity contribution in [1.29, 1.82) is 0 Å². The molecule has 6 nitrogen and oxygen atoms in total. The number of halogens is 1. The number of nitrogens with one attached hydrogen (secondary N) is 1. The van der Waals surface area contributed by atoms with E-state index in [0.29, 0.717) is 12.0 Å². The van der Waals surface area contributed by atoms with Crippen molar-refractivity contribution in [2.24, 2.45) is 10.9 Å². The van der Waals surface area contributed by atoms with E-state index in [4.69, 9.17) is 4.99 Å². The molecule has 7 heteroatoms. The highest BCUT2D eigenvalue weighted by Crippen LogP contribution is 2.27. The SMILES string of the molecule is CCNC(=NCCc1ccccn1)N1CCC(C)C(n2ccnc2)C1.I. The Hall–Kier alpha value is -1.64. The van der Waals surface area contributed by atoms with Gasteiger partial charge in [0.1, 0.15) is 0 Å². The number of pyridine rings is 1. The maximum atomic E-state index is 4.84. The van der Waals surface area contributed by atoms with Gasteiger partial charge < -0.3 is 14.8 Å². The van der Waals surface area contributed by atoms with Crippen LogP contribution in [0.2, 0.25) is 0 Å². The summed E-state index contributed by atoms with van der Waals surface area (Å²) < 4.78 is 2.23. The van der Waals surface area contributed by atoms with E-state index in [1.807, 2.05) is 30.9 Å². The van der Waals surface area contributed by atoms with Crippen LogP contribution in [0.5, 0.6) is 0 Å². The average Bonchev–Trinajstić information content (AvgIpc) is 3.17. The van der Waals surface area contributed by atoms with Crippen molar-refractivity contribution in [3.63, 3.8) is 0 Å². The number of hydrogen-bond donors (Lipinski definition) is 1. The highest BCUT2D eigenvalue weighted by molar-refractivity contribution is 14.0. The van der Waals surface area contributed by atoms with Crippen molar-refractivity contribution >= 4 is 29.9 Å². The fraction of sp³-hybridized carbons (Fsp3) is 0.526. The molecule has 0 amide bonds. The van der Waals surface area contributed by atoms with E-state index >= 15 is 0 Å².